The number of amides is 2. The van der Waals surface area contributed by atoms with Crippen LogP contribution in [0.1, 0.15) is 18.4 Å². The molecule has 4 nitrogen and oxygen atoms in total. The molecule has 108 valence electrons. The summed E-state index contributed by atoms with van der Waals surface area (Å²) < 4.78 is 0. The maximum Gasteiger partial charge on any atom is 0.237 e. The molecule has 0 atom stereocenters. The first kappa shape index (κ1) is 14.9. The zero-order chi connectivity index (χ0) is 14.4. The second-order valence-corrected chi connectivity index (χ2v) is 5.29. The third-order valence-corrected chi connectivity index (χ3v) is 3.76. The summed E-state index contributed by atoms with van der Waals surface area (Å²) in [6.07, 6.45) is 1.99. The molecule has 1 aliphatic rings. The highest BCUT2D eigenvalue weighted by atomic mass is 35.5. The van der Waals surface area contributed by atoms with Crippen LogP contribution in [0.5, 0.6) is 0 Å². The summed E-state index contributed by atoms with van der Waals surface area (Å²) in [5.41, 5.74) is 1.01. The van der Waals surface area contributed by atoms with Gasteiger partial charge >= 0.3 is 0 Å². The van der Waals surface area contributed by atoms with E-state index < -0.39 is 0 Å². The Morgan fingerprint density at radius 2 is 1.85 bits per heavy atom. The van der Waals surface area contributed by atoms with E-state index in [0.717, 1.165) is 18.4 Å². The van der Waals surface area contributed by atoms with Gasteiger partial charge in [0.25, 0.3) is 0 Å². The molecule has 0 saturated carbocycles. The van der Waals surface area contributed by atoms with Crippen molar-refractivity contribution in [3.8, 4) is 0 Å². The number of alkyl halides is 1. The average Bonchev–Trinajstić information content (AvgIpc) is 2.48. The lowest BCUT2D eigenvalue weighted by Crippen LogP contribution is -2.47. The van der Waals surface area contributed by atoms with Crippen LogP contribution in [0.4, 0.5) is 0 Å². The molecule has 0 bridgehead atoms. The summed E-state index contributed by atoms with van der Waals surface area (Å²) in [5, 5.41) is 3.03. The van der Waals surface area contributed by atoms with Gasteiger partial charge in [-0.25, -0.2) is 0 Å². The summed E-state index contributed by atoms with van der Waals surface area (Å²) in [7, 11) is 0. The van der Waals surface area contributed by atoms with E-state index >= 15 is 0 Å². The zero-order valence-corrected chi connectivity index (χ0v) is 12.1. The largest absolute Gasteiger partial charge is 0.353 e. The van der Waals surface area contributed by atoms with E-state index in [1.165, 1.54) is 0 Å². The van der Waals surface area contributed by atoms with E-state index in [9.17, 15) is 9.59 Å². The molecule has 1 fully saturated rings. The lowest BCUT2D eigenvalue weighted by Gasteiger charge is -2.32. The molecule has 5 heteroatoms. The first-order chi connectivity index (χ1) is 9.69. The normalized spacial score (nSPS) is 15.9. The molecule has 0 aliphatic carbocycles. The summed E-state index contributed by atoms with van der Waals surface area (Å²) in [4.78, 5) is 25.1. The number of benzene rings is 1. The minimum atomic E-state index is -0.0271. The fraction of sp³-hybridized carbons (Fsp3) is 0.467. The van der Waals surface area contributed by atoms with Gasteiger partial charge in [-0.3, -0.25) is 9.59 Å². The molecule has 1 aromatic carbocycles. The molecule has 1 aliphatic heterocycles. The number of piperidine rings is 1. The van der Waals surface area contributed by atoms with Crippen LogP contribution in [0.25, 0.3) is 0 Å². The second kappa shape index (κ2) is 7.29. The van der Waals surface area contributed by atoms with Crippen LogP contribution in [0.15, 0.2) is 30.3 Å². The van der Waals surface area contributed by atoms with Gasteiger partial charge < -0.3 is 10.2 Å². The molecule has 20 heavy (non-hydrogen) atoms. The van der Waals surface area contributed by atoms with Crippen LogP contribution in [-0.2, 0) is 16.0 Å². The number of rotatable bonds is 4. The summed E-state index contributed by atoms with van der Waals surface area (Å²) in [6.45, 7) is 1.34. The Balaban J connectivity index is 1.75. The minimum absolute atomic E-state index is 0.0271. The van der Waals surface area contributed by atoms with Crippen LogP contribution in [-0.4, -0.2) is 41.7 Å². The molecule has 1 N–H and O–H groups in total. The van der Waals surface area contributed by atoms with Crippen LogP contribution < -0.4 is 5.32 Å². The van der Waals surface area contributed by atoms with E-state index in [-0.39, 0.29) is 23.7 Å². The van der Waals surface area contributed by atoms with Gasteiger partial charge in [0.1, 0.15) is 5.88 Å². The molecule has 1 aromatic rings. The van der Waals surface area contributed by atoms with Gasteiger partial charge in [0, 0.05) is 19.1 Å². The highest BCUT2D eigenvalue weighted by molar-refractivity contribution is 6.27. The fourth-order valence-electron chi connectivity index (χ4n) is 2.42. The topological polar surface area (TPSA) is 49.4 Å². The first-order valence-electron chi connectivity index (χ1n) is 6.86. The SMILES string of the molecule is O=C(Cc1ccccc1)NC1CCN(C(=O)CCl)CC1. The number of hydrogen-bond acceptors (Lipinski definition) is 2. The van der Waals surface area contributed by atoms with Gasteiger partial charge in [-0.1, -0.05) is 30.3 Å². The van der Waals surface area contributed by atoms with Crippen molar-refractivity contribution in [2.75, 3.05) is 19.0 Å². The Kier molecular flexibility index (Phi) is 5.41. The number of carbonyl (C=O) groups is 2. The Morgan fingerprint density at radius 3 is 2.45 bits per heavy atom. The van der Waals surface area contributed by atoms with Gasteiger partial charge in [0.2, 0.25) is 11.8 Å². The van der Waals surface area contributed by atoms with Crippen molar-refractivity contribution in [2.45, 2.75) is 25.3 Å². The third kappa shape index (κ3) is 4.23. The predicted molar refractivity (Wildman–Crippen MR) is 78.6 cm³/mol. The Bertz CT molecular complexity index is 456. The van der Waals surface area contributed by atoms with Gasteiger partial charge in [-0.2, -0.15) is 0 Å². The summed E-state index contributed by atoms with van der Waals surface area (Å²) >= 11 is 5.54. The third-order valence-electron chi connectivity index (χ3n) is 3.53. The van der Waals surface area contributed by atoms with Crippen molar-refractivity contribution >= 4 is 23.4 Å². The average molecular weight is 295 g/mol. The minimum Gasteiger partial charge on any atom is -0.353 e. The van der Waals surface area contributed by atoms with Crippen molar-refractivity contribution in [1.82, 2.24) is 10.2 Å². The van der Waals surface area contributed by atoms with Crippen molar-refractivity contribution in [1.29, 1.82) is 0 Å². The summed E-state index contributed by atoms with van der Waals surface area (Å²) in [6, 6.07) is 9.84. The molecule has 0 aromatic heterocycles. The lowest BCUT2D eigenvalue weighted by molar-refractivity contribution is -0.129. The summed E-state index contributed by atoms with van der Waals surface area (Å²) in [5.74, 6) is 0.0458. The van der Waals surface area contributed by atoms with Crippen LogP contribution in [0, 0.1) is 0 Å². The fourth-order valence-corrected chi connectivity index (χ4v) is 2.59. The maximum absolute atomic E-state index is 11.9. The van der Waals surface area contributed by atoms with Gasteiger partial charge in [0.15, 0.2) is 0 Å². The number of carbonyl (C=O) groups excluding carboxylic acids is 2. The molecular formula is C15H19ClN2O2. The highest BCUT2D eigenvalue weighted by Gasteiger charge is 2.23. The molecular weight excluding hydrogens is 276 g/mol. The monoisotopic (exact) mass is 294 g/mol. The van der Waals surface area contributed by atoms with Crippen LogP contribution in [0.3, 0.4) is 0 Å². The molecule has 0 radical (unpaired) electrons. The van der Waals surface area contributed by atoms with E-state index in [0.29, 0.717) is 19.5 Å². The standard InChI is InChI=1S/C15H19ClN2O2/c16-11-15(20)18-8-6-13(7-9-18)17-14(19)10-12-4-2-1-3-5-12/h1-5,13H,6-11H2,(H,17,19). The second-order valence-electron chi connectivity index (χ2n) is 5.02. The smallest absolute Gasteiger partial charge is 0.237 e. The van der Waals surface area contributed by atoms with E-state index in [4.69, 9.17) is 11.6 Å². The highest BCUT2D eigenvalue weighted by Crippen LogP contribution is 2.11. The van der Waals surface area contributed by atoms with Gasteiger partial charge in [-0.05, 0) is 18.4 Å². The molecule has 2 rings (SSSR count). The van der Waals surface area contributed by atoms with Crippen molar-refractivity contribution < 1.29 is 9.59 Å². The number of nitrogens with zero attached hydrogens (tertiary/aromatic N) is 1. The van der Waals surface area contributed by atoms with Gasteiger partial charge in [-0.15, -0.1) is 11.6 Å². The van der Waals surface area contributed by atoms with Crippen LogP contribution >= 0.6 is 11.6 Å². The first-order valence-corrected chi connectivity index (χ1v) is 7.39. The van der Waals surface area contributed by atoms with E-state index in [2.05, 4.69) is 5.32 Å². The molecule has 1 saturated heterocycles. The Hall–Kier alpha value is -1.55. The zero-order valence-electron chi connectivity index (χ0n) is 11.3. The van der Waals surface area contributed by atoms with E-state index in [1.807, 2.05) is 30.3 Å². The molecule has 0 unspecified atom stereocenters. The van der Waals surface area contributed by atoms with E-state index in [1.54, 1.807) is 4.90 Å². The number of hydrogen-bond donors (Lipinski definition) is 1. The van der Waals surface area contributed by atoms with Crippen molar-refractivity contribution in [3.05, 3.63) is 35.9 Å². The van der Waals surface area contributed by atoms with Gasteiger partial charge in [0.05, 0.1) is 6.42 Å². The lowest BCUT2D eigenvalue weighted by atomic mass is 10.0. The Morgan fingerprint density at radius 1 is 1.20 bits per heavy atom. The molecule has 0 spiro atoms. The quantitative estimate of drug-likeness (QED) is 0.857. The number of halogens is 1. The predicted octanol–water partition coefficient (Wildman–Crippen LogP) is 1.58. The number of nitrogens with one attached hydrogen (secondary N) is 1. The van der Waals surface area contributed by atoms with Crippen molar-refractivity contribution in [2.24, 2.45) is 0 Å². The van der Waals surface area contributed by atoms with Crippen molar-refractivity contribution in [3.63, 3.8) is 0 Å². The maximum atomic E-state index is 11.9. The molecule has 1 heterocycles. The van der Waals surface area contributed by atoms with Crippen LogP contribution in [0.2, 0.25) is 0 Å². The molecule has 2 amide bonds. The Labute approximate surface area is 124 Å². The number of likely N-dealkylation sites (tertiary alicyclic amines) is 1.